The molecule has 1 amide bonds. The first kappa shape index (κ1) is 18.5. The lowest BCUT2D eigenvalue weighted by molar-refractivity contribution is 0.00767. The molecule has 7 heteroatoms. The van der Waals surface area contributed by atoms with Crippen LogP contribution in [0, 0.1) is 5.82 Å². The molecule has 0 radical (unpaired) electrons. The number of hydrogen-bond donors (Lipinski definition) is 0. The smallest absolute Gasteiger partial charge is 0.410 e. The van der Waals surface area contributed by atoms with Crippen LogP contribution in [0.1, 0.15) is 49.5 Å². The average molecular weight is 358 g/mol. The third-order valence-electron chi connectivity index (χ3n) is 3.73. The molecule has 0 saturated carbocycles. The maximum atomic E-state index is 14.5. The van der Waals surface area contributed by atoms with Gasteiger partial charge in [0, 0.05) is 24.6 Å². The average Bonchev–Trinajstić information content (AvgIpc) is 2.39. The van der Waals surface area contributed by atoms with Crippen molar-refractivity contribution in [3.63, 3.8) is 0 Å². The van der Waals surface area contributed by atoms with Crippen LogP contribution in [0.2, 0.25) is 5.02 Å². The van der Waals surface area contributed by atoms with Crippen molar-refractivity contribution in [2.75, 3.05) is 20.2 Å². The van der Waals surface area contributed by atoms with E-state index in [-0.39, 0.29) is 46.7 Å². The van der Waals surface area contributed by atoms with Crippen molar-refractivity contribution in [2.24, 2.45) is 0 Å². The number of nitrogens with zero attached hydrogens (tertiary/aromatic N) is 1. The third kappa shape index (κ3) is 3.64. The van der Waals surface area contributed by atoms with Crippen LogP contribution >= 0.6 is 11.6 Å². The van der Waals surface area contributed by atoms with Crippen molar-refractivity contribution >= 4 is 23.5 Å². The lowest BCUT2D eigenvalue weighted by Gasteiger charge is -2.40. The molecular weight excluding hydrogens is 337 g/mol. The first-order valence-corrected chi connectivity index (χ1v) is 7.97. The number of amides is 1. The Morgan fingerprint density at radius 3 is 2.38 bits per heavy atom. The predicted molar refractivity (Wildman–Crippen MR) is 88.5 cm³/mol. The predicted octanol–water partition coefficient (Wildman–Crippen LogP) is 4.02. The van der Waals surface area contributed by atoms with Gasteiger partial charge in [-0.3, -0.25) is 4.79 Å². The largest absolute Gasteiger partial charge is 0.496 e. The number of likely N-dealkylation sites (tertiary alicyclic amines) is 1. The topological polar surface area (TPSA) is 55.8 Å². The van der Waals surface area contributed by atoms with Gasteiger partial charge in [0.1, 0.15) is 17.2 Å². The minimum atomic E-state index is -0.618. The molecule has 0 N–H and O–H groups in total. The van der Waals surface area contributed by atoms with Crippen LogP contribution < -0.4 is 4.74 Å². The molecular formula is C17H21ClFNO4. The Balaban J connectivity index is 2.26. The van der Waals surface area contributed by atoms with E-state index in [1.54, 1.807) is 20.8 Å². The standard InChI is InChI=1S/C17H21ClFNO4/c1-9(21)11-6-12(18)14(19)13(15(11)23-5)10-7-20(8-10)16(22)24-17(2,3)4/h6,10H,7-8H2,1-5H3. The monoisotopic (exact) mass is 357 g/mol. The van der Waals surface area contributed by atoms with E-state index >= 15 is 0 Å². The summed E-state index contributed by atoms with van der Waals surface area (Å²) in [6, 6.07) is 1.27. The number of carbonyl (C=O) groups is 2. The molecule has 5 nitrogen and oxygen atoms in total. The van der Waals surface area contributed by atoms with E-state index in [4.69, 9.17) is 21.1 Å². The lowest BCUT2D eigenvalue weighted by Crippen LogP contribution is -2.50. The van der Waals surface area contributed by atoms with Gasteiger partial charge in [-0.05, 0) is 33.8 Å². The molecule has 1 aliphatic heterocycles. The summed E-state index contributed by atoms with van der Waals surface area (Å²) >= 11 is 5.92. The van der Waals surface area contributed by atoms with Crippen molar-refractivity contribution in [1.82, 2.24) is 4.90 Å². The summed E-state index contributed by atoms with van der Waals surface area (Å²) in [6.07, 6.45) is -0.452. The molecule has 0 bridgehead atoms. The number of carbonyl (C=O) groups excluding carboxylic acids is 2. The molecule has 132 valence electrons. The molecule has 1 aromatic rings. The summed E-state index contributed by atoms with van der Waals surface area (Å²) < 4.78 is 25.0. The van der Waals surface area contributed by atoms with E-state index < -0.39 is 17.5 Å². The van der Waals surface area contributed by atoms with Crippen molar-refractivity contribution in [3.8, 4) is 5.75 Å². The van der Waals surface area contributed by atoms with Crippen molar-refractivity contribution < 1.29 is 23.5 Å². The highest BCUT2D eigenvalue weighted by atomic mass is 35.5. The number of ketones is 1. The molecule has 1 fully saturated rings. The summed E-state index contributed by atoms with van der Waals surface area (Å²) in [4.78, 5) is 25.2. The molecule has 0 atom stereocenters. The van der Waals surface area contributed by atoms with Crippen LogP contribution in [0.5, 0.6) is 5.75 Å². The second-order valence-electron chi connectivity index (χ2n) is 6.81. The lowest BCUT2D eigenvalue weighted by atomic mass is 9.88. The third-order valence-corrected chi connectivity index (χ3v) is 4.01. The number of rotatable bonds is 3. The first-order chi connectivity index (χ1) is 11.0. The zero-order chi connectivity index (χ0) is 18.2. The molecule has 1 saturated heterocycles. The van der Waals surface area contributed by atoms with Crippen LogP contribution in [-0.2, 0) is 4.74 Å². The highest BCUT2D eigenvalue weighted by Crippen LogP contribution is 2.41. The van der Waals surface area contributed by atoms with Crippen molar-refractivity contribution in [3.05, 3.63) is 28.0 Å². The second kappa shape index (κ2) is 6.59. The molecule has 0 aliphatic carbocycles. The summed E-state index contributed by atoms with van der Waals surface area (Å²) in [5, 5.41) is -0.133. The summed E-state index contributed by atoms with van der Waals surface area (Å²) in [5.41, 5.74) is -0.132. The van der Waals surface area contributed by atoms with Crippen LogP contribution in [0.3, 0.4) is 0 Å². The van der Waals surface area contributed by atoms with Gasteiger partial charge in [-0.25, -0.2) is 9.18 Å². The van der Waals surface area contributed by atoms with Gasteiger partial charge < -0.3 is 14.4 Å². The number of Topliss-reactive ketones (excluding diaryl/α,β-unsaturated/α-hetero) is 1. The first-order valence-electron chi connectivity index (χ1n) is 7.60. The van der Waals surface area contributed by atoms with Crippen molar-refractivity contribution in [1.29, 1.82) is 0 Å². The fraction of sp³-hybridized carbons (Fsp3) is 0.529. The summed E-state index contributed by atoms with van der Waals surface area (Å²) in [6.45, 7) is 7.26. The molecule has 1 aliphatic rings. The number of hydrogen-bond acceptors (Lipinski definition) is 4. The zero-order valence-electron chi connectivity index (χ0n) is 14.4. The summed E-state index contributed by atoms with van der Waals surface area (Å²) in [7, 11) is 1.38. The van der Waals surface area contributed by atoms with Crippen molar-refractivity contribution in [2.45, 2.75) is 39.2 Å². The zero-order valence-corrected chi connectivity index (χ0v) is 15.2. The van der Waals surface area contributed by atoms with Gasteiger partial charge in [0.2, 0.25) is 0 Å². The number of methoxy groups -OCH3 is 1. The van der Waals surface area contributed by atoms with E-state index in [2.05, 4.69) is 0 Å². The van der Waals surface area contributed by atoms with Gasteiger partial charge in [0.15, 0.2) is 5.78 Å². The maximum Gasteiger partial charge on any atom is 0.410 e. The van der Waals surface area contributed by atoms with Gasteiger partial charge in [-0.2, -0.15) is 0 Å². The molecule has 0 spiro atoms. The van der Waals surface area contributed by atoms with Crippen LogP contribution in [0.25, 0.3) is 0 Å². The number of halogens is 2. The fourth-order valence-corrected chi connectivity index (χ4v) is 2.82. The minimum Gasteiger partial charge on any atom is -0.496 e. The van der Waals surface area contributed by atoms with Crippen LogP contribution in [0.4, 0.5) is 9.18 Å². The second-order valence-corrected chi connectivity index (χ2v) is 7.21. The quantitative estimate of drug-likeness (QED) is 0.766. The maximum absolute atomic E-state index is 14.5. The SMILES string of the molecule is COc1c(C(C)=O)cc(Cl)c(F)c1C1CN(C(=O)OC(C)(C)C)C1. The Hall–Kier alpha value is -1.82. The Morgan fingerprint density at radius 1 is 1.33 bits per heavy atom. The van der Waals surface area contributed by atoms with Gasteiger partial charge in [-0.15, -0.1) is 0 Å². The van der Waals surface area contributed by atoms with Crippen LogP contribution in [-0.4, -0.2) is 42.6 Å². The van der Waals surface area contributed by atoms with E-state index in [9.17, 15) is 14.0 Å². The molecule has 1 aromatic carbocycles. The van der Waals surface area contributed by atoms with Gasteiger partial charge in [-0.1, -0.05) is 11.6 Å². The molecule has 24 heavy (non-hydrogen) atoms. The Kier molecular flexibility index (Phi) is 5.08. The molecule has 0 unspecified atom stereocenters. The van der Waals surface area contributed by atoms with E-state index in [0.29, 0.717) is 0 Å². The highest BCUT2D eigenvalue weighted by molar-refractivity contribution is 6.31. The fourth-order valence-electron chi connectivity index (χ4n) is 2.61. The minimum absolute atomic E-state index is 0.133. The molecule has 0 aromatic heterocycles. The number of benzene rings is 1. The Morgan fingerprint density at radius 2 is 1.92 bits per heavy atom. The van der Waals surface area contributed by atoms with Crippen LogP contribution in [0.15, 0.2) is 6.07 Å². The number of ether oxygens (including phenoxy) is 2. The van der Waals surface area contributed by atoms with E-state index in [1.807, 2.05) is 0 Å². The Labute approximate surface area is 145 Å². The van der Waals surface area contributed by atoms with E-state index in [1.165, 1.54) is 25.0 Å². The summed E-state index contributed by atoms with van der Waals surface area (Å²) in [5.74, 6) is -1.01. The molecule has 1 heterocycles. The normalized spacial score (nSPS) is 15.0. The van der Waals surface area contributed by atoms with Gasteiger partial charge in [0.25, 0.3) is 0 Å². The molecule has 2 rings (SSSR count). The van der Waals surface area contributed by atoms with E-state index in [0.717, 1.165) is 0 Å². The van der Waals surface area contributed by atoms with Gasteiger partial charge in [0.05, 0.1) is 17.7 Å². The van der Waals surface area contributed by atoms with Gasteiger partial charge >= 0.3 is 6.09 Å². The highest BCUT2D eigenvalue weighted by Gasteiger charge is 2.39. The Bertz CT molecular complexity index is 678.